The molecule has 1 aromatic carbocycles. The molecule has 1 saturated heterocycles. The van der Waals surface area contributed by atoms with E-state index in [0.717, 1.165) is 26.1 Å². The lowest BCUT2D eigenvalue weighted by Gasteiger charge is -2.32. The molecule has 1 heterocycles. The van der Waals surface area contributed by atoms with E-state index < -0.39 is 9.84 Å². The van der Waals surface area contributed by atoms with Crippen molar-refractivity contribution >= 4 is 28.2 Å². The number of ether oxygens (including phenoxy) is 1. The van der Waals surface area contributed by atoms with E-state index in [1.54, 1.807) is 12.1 Å². The molecule has 8 heteroatoms. The summed E-state index contributed by atoms with van der Waals surface area (Å²) in [5.74, 6) is 1.36. The van der Waals surface area contributed by atoms with Gasteiger partial charge in [0.05, 0.1) is 11.5 Å². The average Bonchev–Trinajstić information content (AvgIpc) is 2.59. The zero-order chi connectivity index (χ0) is 18.3. The highest BCUT2D eigenvalue weighted by Crippen LogP contribution is 2.18. The number of hydrogen-bond acceptors (Lipinski definition) is 5. The summed E-state index contributed by atoms with van der Waals surface area (Å²) in [7, 11) is -1.24. The molecule has 0 aromatic heterocycles. The third kappa shape index (κ3) is 7.13. The molecule has 0 saturated carbocycles. The number of halogens is 1. The number of likely N-dealkylation sites (tertiary alicyclic amines) is 1. The van der Waals surface area contributed by atoms with Crippen molar-refractivity contribution in [3.05, 3.63) is 24.3 Å². The maximum atomic E-state index is 12.3. The third-order valence-electron chi connectivity index (χ3n) is 4.42. The third-order valence-corrected chi connectivity index (χ3v) is 5.55. The molecule has 1 aliphatic heterocycles. The molecule has 1 unspecified atom stereocenters. The molecule has 1 N–H and O–H groups in total. The summed E-state index contributed by atoms with van der Waals surface area (Å²) in [4.78, 5) is 14.5. The number of carbonyl (C=O) groups is 1. The van der Waals surface area contributed by atoms with Crippen LogP contribution in [-0.4, -0.2) is 58.8 Å². The van der Waals surface area contributed by atoms with E-state index in [4.69, 9.17) is 4.74 Å². The Morgan fingerprint density at radius 3 is 2.62 bits per heavy atom. The zero-order valence-corrected chi connectivity index (χ0v) is 17.1. The van der Waals surface area contributed by atoms with Crippen LogP contribution in [0.1, 0.15) is 25.7 Å². The normalized spacial score (nSPS) is 17.5. The van der Waals surface area contributed by atoms with Crippen molar-refractivity contribution in [3.8, 4) is 5.75 Å². The van der Waals surface area contributed by atoms with Crippen LogP contribution in [0.15, 0.2) is 29.2 Å². The van der Waals surface area contributed by atoms with Gasteiger partial charge in [-0.25, -0.2) is 8.42 Å². The molecule has 0 bridgehead atoms. The van der Waals surface area contributed by atoms with Gasteiger partial charge in [0.25, 0.3) is 0 Å². The number of nitrogens with zero attached hydrogens (tertiary/aromatic N) is 1. The summed E-state index contributed by atoms with van der Waals surface area (Å²) in [6, 6.07) is 6.35. The Bertz CT molecular complexity index is 662. The Kier molecular flexibility index (Phi) is 9.39. The number of carbonyl (C=O) groups excluding carboxylic acids is 1. The van der Waals surface area contributed by atoms with Crippen molar-refractivity contribution in [2.75, 3.05) is 39.5 Å². The Morgan fingerprint density at radius 1 is 1.31 bits per heavy atom. The Labute approximate surface area is 162 Å². The standard InChI is InChI=1S/C18H28N2O4S.ClH/c1-19-13-15-5-3-11-20(14-15)18(21)6-4-12-24-16-7-9-17(10-8-16)25(2,22)23;/h7-10,15,19H,3-6,11-14H2,1-2H3;1H. The van der Waals surface area contributed by atoms with Crippen molar-refractivity contribution in [2.24, 2.45) is 5.92 Å². The van der Waals surface area contributed by atoms with E-state index in [1.165, 1.54) is 24.8 Å². The smallest absolute Gasteiger partial charge is 0.222 e. The Balaban J connectivity index is 0.00000338. The number of rotatable bonds is 8. The van der Waals surface area contributed by atoms with Crippen LogP contribution in [0.25, 0.3) is 0 Å². The molecule has 1 amide bonds. The van der Waals surface area contributed by atoms with Gasteiger partial charge >= 0.3 is 0 Å². The van der Waals surface area contributed by atoms with Crippen LogP contribution in [0.4, 0.5) is 0 Å². The molecule has 148 valence electrons. The van der Waals surface area contributed by atoms with Gasteiger partial charge in [0.1, 0.15) is 5.75 Å². The van der Waals surface area contributed by atoms with Crippen LogP contribution in [0.5, 0.6) is 5.75 Å². The second-order valence-corrected chi connectivity index (χ2v) is 8.62. The van der Waals surface area contributed by atoms with Crippen LogP contribution in [-0.2, 0) is 14.6 Å². The van der Waals surface area contributed by atoms with Crippen LogP contribution in [0.3, 0.4) is 0 Å². The zero-order valence-electron chi connectivity index (χ0n) is 15.4. The first kappa shape index (κ1) is 22.7. The van der Waals surface area contributed by atoms with Gasteiger partial charge in [-0.2, -0.15) is 0 Å². The van der Waals surface area contributed by atoms with E-state index in [0.29, 0.717) is 31.1 Å². The first-order valence-electron chi connectivity index (χ1n) is 8.75. The minimum absolute atomic E-state index is 0. The molecule has 6 nitrogen and oxygen atoms in total. The van der Waals surface area contributed by atoms with E-state index in [-0.39, 0.29) is 23.2 Å². The van der Waals surface area contributed by atoms with Crippen LogP contribution >= 0.6 is 12.4 Å². The average molecular weight is 405 g/mol. The summed E-state index contributed by atoms with van der Waals surface area (Å²) in [5.41, 5.74) is 0. The molecule has 1 aromatic rings. The fourth-order valence-electron chi connectivity index (χ4n) is 3.10. The van der Waals surface area contributed by atoms with Crippen molar-refractivity contribution in [1.82, 2.24) is 10.2 Å². The topological polar surface area (TPSA) is 75.7 Å². The number of amides is 1. The van der Waals surface area contributed by atoms with Gasteiger partial charge in [-0.05, 0) is 63.0 Å². The number of nitrogens with one attached hydrogen (secondary N) is 1. The second kappa shape index (κ2) is 10.7. The highest BCUT2D eigenvalue weighted by molar-refractivity contribution is 7.90. The molecule has 1 aliphatic rings. The predicted molar refractivity (Wildman–Crippen MR) is 105 cm³/mol. The second-order valence-electron chi connectivity index (χ2n) is 6.60. The van der Waals surface area contributed by atoms with E-state index in [9.17, 15) is 13.2 Å². The first-order valence-corrected chi connectivity index (χ1v) is 10.6. The summed E-state index contributed by atoms with van der Waals surface area (Å²) in [6.45, 7) is 3.09. The number of piperidine rings is 1. The summed E-state index contributed by atoms with van der Waals surface area (Å²) in [6.07, 6.45) is 4.56. The highest BCUT2D eigenvalue weighted by Gasteiger charge is 2.22. The van der Waals surface area contributed by atoms with Gasteiger partial charge in [-0.1, -0.05) is 0 Å². The van der Waals surface area contributed by atoms with Gasteiger partial charge in [-0.15, -0.1) is 12.4 Å². The Hall–Kier alpha value is -1.31. The first-order chi connectivity index (χ1) is 11.9. The van der Waals surface area contributed by atoms with Gasteiger partial charge in [0, 0.05) is 25.8 Å². The fraction of sp³-hybridized carbons (Fsp3) is 0.611. The molecule has 2 rings (SSSR count). The van der Waals surface area contributed by atoms with Crippen LogP contribution in [0.2, 0.25) is 0 Å². The lowest BCUT2D eigenvalue weighted by atomic mass is 9.97. The predicted octanol–water partition coefficient (Wildman–Crippen LogP) is 2.13. The molecule has 0 aliphatic carbocycles. The van der Waals surface area contributed by atoms with Gasteiger partial charge in [0.15, 0.2) is 9.84 Å². The SMILES string of the molecule is CNCC1CCCN(C(=O)CCCOc2ccc(S(C)(=O)=O)cc2)C1.Cl. The van der Waals surface area contributed by atoms with Crippen molar-refractivity contribution in [3.63, 3.8) is 0 Å². The molecule has 26 heavy (non-hydrogen) atoms. The highest BCUT2D eigenvalue weighted by atomic mass is 35.5. The maximum absolute atomic E-state index is 12.3. The Morgan fingerprint density at radius 2 is 2.00 bits per heavy atom. The largest absolute Gasteiger partial charge is 0.494 e. The van der Waals surface area contributed by atoms with Crippen LogP contribution < -0.4 is 10.1 Å². The van der Waals surface area contributed by atoms with Gasteiger partial charge in [-0.3, -0.25) is 4.79 Å². The molecule has 0 radical (unpaired) electrons. The monoisotopic (exact) mass is 404 g/mol. The van der Waals surface area contributed by atoms with Gasteiger partial charge in [0.2, 0.25) is 5.91 Å². The van der Waals surface area contributed by atoms with E-state index in [2.05, 4.69) is 5.32 Å². The fourth-order valence-corrected chi connectivity index (χ4v) is 3.73. The summed E-state index contributed by atoms with van der Waals surface area (Å²) in [5, 5.41) is 3.18. The van der Waals surface area contributed by atoms with E-state index in [1.807, 2.05) is 11.9 Å². The quantitative estimate of drug-likeness (QED) is 0.672. The number of benzene rings is 1. The number of sulfone groups is 1. The van der Waals surface area contributed by atoms with Crippen molar-refractivity contribution < 1.29 is 17.9 Å². The lowest BCUT2D eigenvalue weighted by molar-refractivity contribution is -0.133. The lowest BCUT2D eigenvalue weighted by Crippen LogP contribution is -2.42. The molecule has 1 atom stereocenters. The number of hydrogen-bond donors (Lipinski definition) is 1. The molecule has 1 fully saturated rings. The minimum atomic E-state index is -3.19. The molecular formula is C18H29ClN2O4S. The van der Waals surface area contributed by atoms with Crippen molar-refractivity contribution in [1.29, 1.82) is 0 Å². The summed E-state index contributed by atoms with van der Waals surface area (Å²) < 4.78 is 28.4. The van der Waals surface area contributed by atoms with Gasteiger partial charge < -0.3 is 15.0 Å². The van der Waals surface area contributed by atoms with Crippen molar-refractivity contribution in [2.45, 2.75) is 30.6 Å². The summed E-state index contributed by atoms with van der Waals surface area (Å²) >= 11 is 0. The van der Waals surface area contributed by atoms with E-state index >= 15 is 0 Å². The molecular weight excluding hydrogens is 376 g/mol. The minimum Gasteiger partial charge on any atom is -0.494 e. The molecule has 0 spiro atoms. The maximum Gasteiger partial charge on any atom is 0.222 e. The van der Waals surface area contributed by atoms with Crippen LogP contribution in [0, 0.1) is 5.92 Å².